The fourth-order valence-electron chi connectivity index (χ4n) is 2.01. The molecule has 0 aliphatic heterocycles. The zero-order chi connectivity index (χ0) is 14.3. The van der Waals surface area contributed by atoms with Crippen LogP contribution in [0, 0.1) is 0 Å². The standard InChI is InChI=1S/C14H9BrN2OS2/c15-8-5-6-11(10(7-8)13(16)19)17-14(18)9-3-1-2-4-12(9)20-17/h1-7H,(H2,16,19). The molecule has 6 heteroatoms. The van der Waals surface area contributed by atoms with E-state index in [2.05, 4.69) is 15.9 Å². The van der Waals surface area contributed by atoms with E-state index >= 15 is 0 Å². The molecule has 100 valence electrons. The summed E-state index contributed by atoms with van der Waals surface area (Å²) in [7, 11) is 0. The molecule has 0 unspecified atom stereocenters. The van der Waals surface area contributed by atoms with E-state index in [1.54, 1.807) is 3.96 Å². The van der Waals surface area contributed by atoms with Gasteiger partial charge in [0.2, 0.25) is 0 Å². The average Bonchev–Trinajstić information content (AvgIpc) is 2.76. The molecule has 1 aromatic heterocycles. The maximum absolute atomic E-state index is 12.5. The van der Waals surface area contributed by atoms with Crippen LogP contribution in [0.4, 0.5) is 0 Å². The van der Waals surface area contributed by atoms with Crippen molar-refractivity contribution < 1.29 is 0 Å². The van der Waals surface area contributed by atoms with Gasteiger partial charge in [0.25, 0.3) is 5.56 Å². The molecule has 0 radical (unpaired) electrons. The summed E-state index contributed by atoms with van der Waals surface area (Å²) >= 11 is 9.86. The maximum atomic E-state index is 12.5. The van der Waals surface area contributed by atoms with Crippen LogP contribution in [-0.4, -0.2) is 8.95 Å². The van der Waals surface area contributed by atoms with Gasteiger partial charge in [-0.3, -0.25) is 4.79 Å². The van der Waals surface area contributed by atoms with Gasteiger partial charge in [0.15, 0.2) is 0 Å². The van der Waals surface area contributed by atoms with Gasteiger partial charge in [-0.2, -0.15) is 0 Å². The summed E-state index contributed by atoms with van der Waals surface area (Å²) in [4.78, 5) is 12.7. The van der Waals surface area contributed by atoms with Crippen LogP contribution in [0.5, 0.6) is 0 Å². The molecule has 3 rings (SSSR count). The van der Waals surface area contributed by atoms with Crippen LogP contribution in [0.1, 0.15) is 5.56 Å². The second-order valence-corrected chi connectivity index (χ2v) is 6.56. The molecule has 1 heterocycles. The van der Waals surface area contributed by atoms with Crippen LogP contribution < -0.4 is 11.3 Å². The summed E-state index contributed by atoms with van der Waals surface area (Å²) in [5, 5.41) is 0.703. The Morgan fingerprint density at radius 3 is 2.70 bits per heavy atom. The van der Waals surface area contributed by atoms with Crippen molar-refractivity contribution in [3.63, 3.8) is 0 Å². The van der Waals surface area contributed by atoms with Crippen LogP contribution in [0.15, 0.2) is 51.7 Å². The van der Waals surface area contributed by atoms with Gasteiger partial charge >= 0.3 is 0 Å². The van der Waals surface area contributed by atoms with Gasteiger partial charge in [-0.15, -0.1) is 0 Å². The summed E-state index contributed by atoms with van der Waals surface area (Å²) in [6.45, 7) is 0. The Kier molecular flexibility index (Phi) is 3.45. The first kappa shape index (κ1) is 13.5. The SMILES string of the molecule is NC(=S)c1cc(Br)ccc1-n1sc2ccccc2c1=O. The molecule has 0 atom stereocenters. The number of aromatic nitrogens is 1. The number of benzene rings is 2. The van der Waals surface area contributed by atoms with Gasteiger partial charge in [0, 0.05) is 10.0 Å². The van der Waals surface area contributed by atoms with E-state index in [0.29, 0.717) is 16.6 Å². The summed E-state index contributed by atoms with van der Waals surface area (Å²) < 4.78 is 3.44. The molecule has 0 amide bonds. The fraction of sp³-hybridized carbons (Fsp3) is 0. The van der Waals surface area contributed by atoms with Crippen LogP contribution in [0.25, 0.3) is 15.8 Å². The van der Waals surface area contributed by atoms with Crippen molar-refractivity contribution in [1.82, 2.24) is 3.96 Å². The van der Waals surface area contributed by atoms with Gasteiger partial charge in [-0.05, 0) is 30.3 Å². The van der Waals surface area contributed by atoms with Crippen LogP contribution in [-0.2, 0) is 0 Å². The molecule has 0 aliphatic rings. The molecular formula is C14H9BrN2OS2. The van der Waals surface area contributed by atoms with Crippen molar-refractivity contribution in [2.75, 3.05) is 0 Å². The van der Waals surface area contributed by atoms with Gasteiger partial charge in [-0.1, -0.05) is 51.8 Å². The predicted molar refractivity (Wildman–Crippen MR) is 91.0 cm³/mol. The molecular weight excluding hydrogens is 356 g/mol. The number of fused-ring (bicyclic) bond motifs is 1. The number of hydrogen-bond donors (Lipinski definition) is 1. The maximum Gasteiger partial charge on any atom is 0.273 e. The number of thiocarbonyl (C=S) groups is 1. The Labute approximate surface area is 132 Å². The van der Waals surface area contributed by atoms with Crippen molar-refractivity contribution in [3.8, 4) is 5.69 Å². The Morgan fingerprint density at radius 2 is 2.00 bits per heavy atom. The number of hydrogen-bond acceptors (Lipinski definition) is 3. The highest BCUT2D eigenvalue weighted by Crippen LogP contribution is 2.24. The minimum Gasteiger partial charge on any atom is -0.389 e. The lowest BCUT2D eigenvalue weighted by Crippen LogP contribution is -2.17. The Bertz CT molecular complexity index is 882. The lowest BCUT2D eigenvalue weighted by molar-refractivity contribution is 1.14. The van der Waals surface area contributed by atoms with E-state index in [-0.39, 0.29) is 10.5 Å². The minimum atomic E-state index is -0.0505. The van der Waals surface area contributed by atoms with E-state index in [1.165, 1.54) is 11.5 Å². The Hall–Kier alpha value is -1.50. The van der Waals surface area contributed by atoms with Crippen molar-refractivity contribution in [3.05, 3.63) is 62.9 Å². The topological polar surface area (TPSA) is 48.0 Å². The van der Waals surface area contributed by atoms with Crippen molar-refractivity contribution in [2.24, 2.45) is 5.73 Å². The first-order chi connectivity index (χ1) is 9.58. The quantitative estimate of drug-likeness (QED) is 0.708. The summed E-state index contributed by atoms with van der Waals surface area (Å²) in [6.07, 6.45) is 0. The van der Waals surface area contributed by atoms with Crippen LogP contribution in [0.3, 0.4) is 0 Å². The normalized spacial score (nSPS) is 10.8. The minimum absolute atomic E-state index is 0.0505. The molecule has 0 fully saturated rings. The molecule has 3 aromatic rings. The van der Waals surface area contributed by atoms with Crippen LogP contribution >= 0.6 is 39.7 Å². The second-order valence-electron chi connectivity index (χ2n) is 4.21. The first-order valence-corrected chi connectivity index (χ1v) is 7.76. The highest BCUT2D eigenvalue weighted by Gasteiger charge is 2.13. The van der Waals surface area contributed by atoms with Crippen LogP contribution in [0.2, 0.25) is 0 Å². The second kappa shape index (κ2) is 5.12. The molecule has 2 N–H and O–H groups in total. The molecule has 0 spiro atoms. The average molecular weight is 365 g/mol. The molecule has 0 aliphatic carbocycles. The number of nitrogens with zero attached hydrogens (tertiary/aromatic N) is 1. The van der Waals surface area contributed by atoms with Crippen molar-refractivity contribution in [2.45, 2.75) is 0 Å². The third-order valence-electron chi connectivity index (χ3n) is 2.93. The molecule has 20 heavy (non-hydrogen) atoms. The zero-order valence-corrected chi connectivity index (χ0v) is 13.4. The van der Waals surface area contributed by atoms with E-state index in [9.17, 15) is 4.79 Å². The third-order valence-corrected chi connectivity index (χ3v) is 4.75. The lowest BCUT2D eigenvalue weighted by atomic mass is 10.2. The monoisotopic (exact) mass is 364 g/mol. The molecule has 0 bridgehead atoms. The smallest absolute Gasteiger partial charge is 0.273 e. The number of halogens is 1. The highest BCUT2D eigenvalue weighted by atomic mass is 79.9. The molecule has 0 saturated heterocycles. The summed E-state index contributed by atoms with van der Waals surface area (Å²) in [5.41, 5.74) is 7.11. The summed E-state index contributed by atoms with van der Waals surface area (Å²) in [6, 6.07) is 13.1. The lowest BCUT2D eigenvalue weighted by Gasteiger charge is -2.08. The molecule has 2 aromatic carbocycles. The van der Waals surface area contributed by atoms with Gasteiger partial charge in [0.1, 0.15) is 4.99 Å². The highest BCUT2D eigenvalue weighted by molar-refractivity contribution is 9.10. The van der Waals surface area contributed by atoms with Gasteiger partial charge in [-0.25, -0.2) is 3.96 Å². The van der Waals surface area contributed by atoms with E-state index < -0.39 is 0 Å². The fourth-order valence-corrected chi connectivity index (χ4v) is 3.57. The van der Waals surface area contributed by atoms with Crippen molar-refractivity contribution in [1.29, 1.82) is 0 Å². The number of nitrogens with two attached hydrogens (primary N) is 1. The van der Waals surface area contributed by atoms with Gasteiger partial charge < -0.3 is 5.73 Å². The van der Waals surface area contributed by atoms with E-state index in [0.717, 1.165) is 9.17 Å². The summed E-state index contributed by atoms with van der Waals surface area (Å²) in [5.74, 6) is 0. The van der Waals surface area contributed by atoms with E-state index in [1.807, 2.05) is 42.5 Å². The zero-order valence-electron chi connectivity index (χ0n) is 10.2. The van der Waals surface area contributed by atoms with E-state index in [4.69, 9.17) is 18.0 Å². The first-order valence-electron chi connectivity index (χ1n) is 5.79. The molecule has 3 nitrogen and oxygen atoms in total. The largest absolute Gasteiger partial charge is 0.389 e. The number of rotatable bonds is 2. The van der Waals surface area contributed by atoms with Crippen molar-refractivity contribution >= 4 is 54.8 Å². The van der Waals surface area contributed by atoms with Gasteiger partial charge in [0.05, 0.1) is 15.8 Å². The molecule has 0 saturated carbocycles. The Balaban J connectivity index is 2.34. The Morgan fingerprint density at radius 1 is 1.25 bits per heavy atom. The third kappa shape index (κ3) is 2.19. The predicted octanol–water partition coefficient (Wildman–Crippen LogP) is 3.45.